The molecule has 3 aromatic carbocycles. The van der Waals surface area contributed by atoms with Gasteiger partial charge in [0.1, 0.15) is 0 Å². The number of nitrogens with one attached hydrogen (secondary N) is 3. The largest absolute Gasteiger partial charge is 0.355 e. The van der Waals surface area contributed by atoms with Crippen molar-refractivity contribution in [3.05, 3.63) is 88.4 Å². The molecule has 0 aromatic heterocycles. The van der Waals surface area contributed by atoms with Gasteiger partial charge in [0.15, 0.2) is 0 Å². The van der Waals surface area contributed by atoms with E-state index in [9.17, 15) is 9.59 Å². The van der Waals surface area contributed by atoms with Crippen LogP contribution in [0.25, 0.3) is 0 Å². The molecule has 158 valence electrons. The summed E-state index contributed by atoms with van der Waals surface area (Å²) in [6.07, 6.45) is 2.18. The van der Waals surface area contributed by atoms with E-state index in [1.165, 1.54) is 6.21 Å². The van der Waals surface area contributed by atoms with Crippen molar-refractivity contribution in [1.82, 2.24) is 5.43 Å². The average Bonchev–Trinajstić information content (AvgIpc) is 2.77. The zero-order chi connectivity index (χ0) is 22.2. The van der Waals surface area contributed by atoms with E-state index in [0.29, 0.717) is 16.3 Å². The predicted molar refractivity (Wildman–Crippen MR) is 126 cm³/mol. The number of carbonyl (C=O) groups is 2. The van der Waals surface area contributed by atoms with Crippen LogP contribution in [-0.2, 0) is 16.0 Å². The molecule has 31 heavy (non-hydrogen) atoms. The number of hydrazone groups is 1. The zero-order valence-electron chi connectivity index (χ0n) is 17.3. The minimum Gasteiger partial charge on any atom is -0.355 e. The first-order valence-electron chi connectivity index (χ1n) is 9.82. The van der Waals surface area contributed by atoms with Crippen LogP contribution in [0, 0.1) is 6.92 Å². The van der Waals surface area contributed by atoms with E-state index < -0.39 is 11.8 Å². The van der Waals surface area contributed by atoms with Gasteiger partial charge in [0.05, 0.1) is 6.21 Å². The number of benzene rings is 3. The average molecular weight is 435 g/mol. The van der Waals surface area contributed by atoms with Crippen LogP contribution in [0.2, 0.25) is 5.02 Å². The van der Waals surface area contributed by atoms with Crippen LogP contribution < -0.4 is 16.1 Å². The zero-order valence-corrected chi connectivity index (χ0v) is 18.0. The van der Waals surface area contributed by atoms with Gasteiger partial charge in [-0.1, -0.05) is 54.4 Å². The van der Waals surface area contributed by atoms with Crippen molar-refractivity contribution in [2.75, 3.05) is 10.6 Å². The maximum atomic E-state index is 12.2. The molecular weight excluding hydrogens is 412 g/mol. The Kier molecular flexibility index (Phi) is 7.40. The summed E-state index contributed by atoms with van der Waals surface area (Å²) >= 11 is 6.11. The van der Waals surface area contributed by atoms with Gasteiger partial charge in [-0.3, -0.25) is 9.59 Å². The molecule has 0 bridgehead atoms. The standard InChI is InChI=1S/C24H23ClN4O2/c1-3-17-6-4-5-7-21(17)28-23(30)24(31)29-26-15-18-14-19(25)10-13-22(18)27-20-11-8-16(2)9-12-20/h4-15,27H,3H2,1-2H3,(H,28,30)(H,29,31)/b26-15-. The number of halogens is 1. The molecule has 0 atom stereocenters. The Hall–Kier alpha value is -3.64. The second kappa shape index (κ2) is 10.4. The molecule has 7 heteroatoms. The SMILES string of the molecule is CCc1ccccc1NC(=O)C(=O)N/N=C\c1cc(Cl)ccc1Nc1ccc(C)cc1. The number of nitrogens with zero attached hydrogens (tertiary/aromatic N) is 1. The molecule has 0 aliphatic rings. The van der Waals surface area contributed by atoms with Crippen molar-refractivity contribution in [1.29, 1.82) is 0 Å². The smallest absolute Gasteiger partial charge is 0.329 e. The monoisotopic (exact) mass is 434 g/mol. The molecule has 3 N–H and O–H groups in total. The lowest BCUT2D eigenvalue weighted by Crippen LogP contribution is -2.32. The summed E-state index contributed by atoms with van der Waals surface area (Å²) in [5.74, 6) is -1.65. The Balaban J connectivity index is 1.67. The van der Waals surface area contributed by atoms with Crippen LogP contribution in [0.15, 0.2) is 71.8 Å². The highest BCUT2D eigenvalue weighted by Gasteiger charge is 2.14. The third kappa shape index (κ3) is 6.17. The van der Waals surface area contributed by atoms with Crippen molar-refractivity contribution < 1.29 is 9.59 Å². The van der Waals surface area contributed by atoms with E-state index in [1.54, 1.807) is 24.3 Å². The van der Waals surface area contributed by atoms with Crippen LogP contribution in [0.1, 0.15) is 23.6 Å². The lowest BCUT2D eigenvalue weighted by molar-refractivity contribution is -0.136. The van der Waals surface area contributed by atoms with Gasteiger partial charge in [-0.25, -0.2) is 5.43 Å². The first-order chi connectivity index (χ1) is 15.0. The molecule has 0 aliphatic carbocycles. The molecule has 0 radical (unpaired) electrons. The number of hydrogen-bond donors (Lipinski definition) is 3. The third-order valence-corrected chi connectivity index (χ3v) is 4.80. The molecule has 2 amide bonds. The van der Waals surface area contributed by atoms with Crippen LogP contribution in [-0.4, -0.2) is 18.0 Å². The number of carbonyl (C=O) groups excluding carboxylic acids is 2. The first kappa shape index (κ1) is 22.1. The Bertz CT molecular complexity index is 1110. The fraction of sp³-hybridized carbons (Fsp3) is 0.125. The summed E-state index contributed by atoms with van der Waals surface area (Å²) in [6, 6.07) is 20.5. The van der Waals surface area contributed by atoms with E-state index in [1.807, 2.05) is 56.3 Å². The van der Waals surface area contributed by atoms with Gasteiger partial charge in [0, 0.05) is 27.6 Å². The van der Waals surface area contributed by atoms with E-state index in [2.05, 4.69) is 21.2 Å². The van der Waals surface area contributed by atoms with Gasteiger partial charge in [-0.2, -0.15) is 5.10 Å². The van der Waals surface area contributed by atoms with Gasteiger partial charge >= 0.3 is 11.8 Å². The van der Waals surface area contributed by atoms with Gasteiger partial charge in [-0.15, -0.1) is 0 Å². The minimum atomic E-state index is -0.864. The van der Waals surface area contributed by atoms with Crippen LogP contribution in [0.4, 0.5) is 17.1 Å². The predicted octanol–water partition coefficient (Wildman–Crippen LogP) is 5.04. The van der Waals surface area contributed by atoms with Crippen LogP contribution in [0.5, 0.6) is 0 Å². The quantitative estimate of drug-likeness (QED) is 0.288. The van der Waals surface area contributed by atoms with Crippen LogP contribution in [0.3, 0.4) is 0 Å². The van der Waals surface area contributed by atoms with Crippen molar-refractivity contribution >= 4 is 46.7 Å². The molecule has 3 aromatic rings. The molecule has 0 heterocycles. The van der Waals surface area contributed by atoms with Crippen molar-refractivity contribution in [2.45, 2.75) is 20.3 Å². The summed E-state index contributed by atoms with van der Waals surface area (Å²) in [5.41, 5.74) is 7.28. The van der Waals surface area contributed by atoms with Crippen molar-refractivity contribution in [2.24, 2.45) is 5.10 Å². The molecule has 0 unspecified atom stereocenters. The number of hydrogen-bond acceptors (Lipinski definition) is 4. The topological polar surface area (TPSA) is 82.6 Å². The van der Waals surface area contributed by atoms with E-state index in [0.717, 1.165) is 28.9 Å². The van der Waals surface area contributed by atoms with Crippen molar-refractivity contribution in [3.63, 3.8) is 0 Å². The number of rotatable bonds is 6. The Morgan fingerprint density at radius 1 is 0.968 bits per heavy atom. The molecule has 3 rings (SSSR count). The molecule has 0 saturated carbocycles. The molecule has 0 spiro atoms. The van der Waals surface area contributed by atoms with Crippen LogP contribution >= 0.6 is 11.6 Å². The highest BCUT2D eigenvalue weighted by molar-refractivity contribution is 6.39. The minimum absolute atomic E-state index is 0.524. The van der Waals surface area contributed by atoms with Gasteiger partial charge < -0.3 is 10.6 Å². The summed E-state index contributed by atoms with van der Waals surface area (Å²) < 4.78 is 0. The molecule has 0 saturated heterocycles. The maximum Gasteiger partial charge on any atom is 0.329 e. The Morgan fingerprint density at radius 2 is 1.71 bits per heavy atom. The second-order valence-electron chi connectivity index (χ2n) is 6.89. The first-order valence-corrected chi connectivity index (χ1v) is 10.2. The Labute approximate surface area is 186 Å². The molecule has 6 nitrogen and oxygen atoms in total. The summed E-state index contributed by atoms with van der Waals surface area (Å²) in [7, 11) is 0. The Morgan fingerprint density at radius 3 is 2.45 bits per heavy atom. The highest BCUT2D eigenvalue weighted by atomic mass is 35.5. The number of para-hydroxylation sites is 1. The summed E-state index contributed by atoms with van der Waals surface area (Å²) in [6.45, 7) is 3.99. The molecule has 0 aliphatic heterocycles. The highest BCUT2D eigenvalue weighted by Crippen LogP contribution is 2.23. The van der Waals surface area contributed by atoms with E-state index in [4.69, 9.17) is 11.6 Å². The third-order valence-electron chi connectivity index (χ3n) is 4.57. The maximum absolute atomic E-state index is 12.2. The fourth-order valence-electron chi connectivity index (χ4n) is 2.89. The lowest BCUT2D eigenvalue weighted by Gasteiger charge is -2.10. The lowest BCUT2D eigenvalue weighted by atomic mass is 10.1. The fourth-order valence-corrected chi connectivity index (χ4v) is 3.07. The number of aryl methyl sites for hydroxylation is 2. The normalized spacial score (nSPS) is 10.7. The molecular formula is C24H23ClN4O2. The number of amides is 2. The van der Waals surface area contributed by atoms with Gasteiger partial charge in [-0.05, 0) is 55.3 Å². The van der Waals surface area contributed by atoms with E-state index >= 15 is 0 Å². The molecule has 0 fully saturated rings. The van der Waals surface area contributed by atoms with Crippen molar-refractivity contribution in [3.8, 4) is 0 Å². The summed E-state index contributed by atoms with van der Waals surface area (Å²) in [4.78, 5) is 24.3. The summed E-state index contributed by atoms with van der Waals surface area (Å²) in [5, 5.41) is 10.3. The van der Waals surface area contributed by atoms with Gasteiger partial charge in [0.25, 0.3) is 0 Å². The second-order valence-corrected chi connectivity index (χ2v) is 7.32. The van der Waals surface area contributed by atoms with Gasteiger partial charge in [0.2, 0.25) is 0 Å². The van der Waals surface area contributed by atoms with E-state index in [-0.39, 0.29) is 0 Å². The number of anilines is 3.